The van der Waals surface area contributed by atoms with Crippen LogP contribution in [0, 0.1) is 6.92 Å². The first-order chi connectivity index (χ1) is 11.2. The Morgan fingerprint density at radius 3 is 2.52 bits per heavy atom. The molecule has 116 valence electrons. The molecule has 0 amide bonds. The van der Waals surface area contributed by atoms with Crippen molar-refractivity contribution in [2.75, 3.05) is 17.7 Å². The van der Waals surface area contributed by atoms with E-state index < -0.39 is 0 Å². The number of nitrogens with zero attached hydrogens (tertiary/aromatic N) is 3. The molecular formula is C17H17N5O. The highest BCUT2D eigenvalue weighted by atomic mass is 16.5. The summed E-state index contributed by atoms with van der Waals surface area (Å²) in [6.45, 7) is 2.03. The molecule has 0 aliphatic carbocycles. The lowest BCUT2D eigenvalue weighted by molar-refractivity contribution is 0.415. The second-order valence-electron chi connectivity index (χ2n) is 5.01. The monoisotopic (exact) mass is 307 g/mol. The molecule has 6 nitrogen and oxygen atoms in total. The summed E-state index contributed by atoms with van der Waals surface area (Å²) in [6.07, 6.45) is 1.58. The van der Waals surface area contributed by atoms with E-state index in [9.17, 15) is 0 Å². The number of aromatic nitrogens is 3. The zero-order valence-corrected chi connectivity index (χ0v) is 12.9. The lowest BCUT2D eigenvalue weighted by Crippen LogP contribution is -2.02. The third-order valence-electron chi connectivity index (χ3n) is 3.20. The van der Waals surface area contributed by atoms with Gasteiger partial charge in [-0.25, -0.2) is 0 Å². The molecule has 0 saturated carbocycles. The van der Waals surface area contributed by atoms with Crippen LogP contribution in [-0.4, -0.2) is 22.3 Å². The summed E-state index contributed by atoms with van der Waals surface area (Å²) in [5.41, 5.74) is 2.98. The maximum Gasteiger partial charge on any atom is 0.249 e. The summed E-state index contributed by atoms with van der Waals surface area (Å²) in [6, 6.07) is 15.6. The second-order valence-corrected chi connectivity index (χ2v) is 5.01. The molecule has 0 spiro atoms. The quantitative estimate of drug-likeness (QED) is 0.749. The van der Waals surface area contributed by atoms with Crippen LogP contribution in [0.1, 0.15) is 5.56 Å². The SMILES string of the molecule is COc1ccc(Nc2cnnc(Nc3cccc(C)c3)n2)cc1. The van der Waals surface area contributed by atoms with Gasteiger partial charge in [0.15, 0.2) is 5.82 Å². The summed E-state index contributed by atoms with van der Waals surface area (Å²) in [7, 11) is 1.64. The first kappa shape index (κ1) is 14.8. The Morgan fingerprint density at radius 1 is 0.957 bits per heavy atom. The minimum absolute atomic E-state index is 0.439. The standard InChI is InChI=1S/C17H17N5O/c1-12-4-3-5-14(10-12)20-17-21-16(11-18-22-17)19-13-6-8-15(23-2)9-7-13/h3-11H,1-2H3,(H2,19,20,21,22). The molecule has 0 aliphatic heterocycles. The number of hydrogen-bond donors (Lipinski definition) is 2. The molecule has 1 aromatic heterocycles. The number of benzene rings is 2. The molecule has 0 bridgehead atoms. The average Bonchev–Trinajstić information content (AvgIpc) is 2.56. The molecule has 2 aromatic carbocycles. The Hall–Kier alpha value is -3.15. The number of rotatable bonds is 5. The van der Waals surface area contributed by atoms with Crippen molar-refractivity contribution in [3.8, 4) is 5.75 Å². The van der Waals surface area contributed by atoms with Crippen LogP contribution < -0.4 is 15.4 Å². The van der Waals surface area contributed by atoms with E-state index in [2.05, 4.69) is 25.8 Å². The van der Waals surface area contributed by atoms with Gasteiger partial charge in [0.2, 0.25) is 5.95 Å². The molecular weight excluding hydrogens is 290 g/mol. The van der Waals surface area contributed by atoms with Gasteiger partial charge in [-0.15, -0.1) is 5.10 Å². The fraction of sp³-hybridized carbons (Fsp3) is 0.118. The van der Waals surface area contributed by atoms with Gasteiger partial charge in [0, 0.05) is 11.4 Å². The Kier molecular flexibility index (Phi) is 4.33. The summed E-state index contributed by atoms with van der Waals surface area (Å²) in [4.78, 5) is 4.41. The summed E-state index contributed by atoms with van der Waals surface area (Å²) in [5, 5.41) is 14.3. The minimum Gasteiger partial charge on any atom is -0.497 e. The largest absolute Gasteiger partial charge is 0.497 e. The number of methoxy groups -OCH3 is 1. The van der Waals surface area contributed by atoms with Gasteiger partial charge in [0.1, 0.15) is 5.75 Å². The van der Waals surface area contributed by atoms with Gasteiger partial charge in [-0.2, -0.15) is 10.1 Å². The van der Waals surface area contributed by atoms with Crippen molar-refractivity contribution >= 4 is 23.1 Å². The van der Waals surface area contributed by atoms with Gasteiger partial charge in [-0.05, 0) is 48.9 Å². The van der Waals surface area contributed by atoms with E-state index in [0.717, 1.165) is 22.7 Å². The smallest absolute Gasteiger partial charge is 0.249 e. The predicted octanol–water partition coefficient (Wildman–Crippen LogP) is 3.68. The second kappa shape index (κ2) is 6.74. The van der Waals surface area contributed by atoms with Crippen molar-refractivity contribution in [2.45, 2.75) is 6.92 Å². The number of nitrogens with one attached hydrogen (secondary N) is 2. The third kappa shape index (κ3) is 3.94. The van der Waals surface area contributed by atoms with Crippen molar-refractivity contribution in [3.05, 3.63) is 60.3 Å². The molecule has 1 heterocycles. The molecule has 0 aliphatic rings. The van der Waals surface area contributed by atoms with Crippen LogP contribution in [0.2, 0.25) is 0 Å². The number of anilines is 4. The number of hydrogen-bond acceptors (Lipinski definition) is 6. The van der Waals surface area contributed by atoms with Gasteiger partial charge < -0.3 is 15.4 Å². The lowest BCUT2D eigenvalue weighted by Gasteiger charge is -2.08. The van der Waals surface area contributed by atoms with Crippen LogP contribution >= 0.6 is 0 Å². The lowest BCUT2D eigenvalue weighted by atomic mass is 10.2. The third-order valence-corrected chi connectivity index (χ3v) is 3.20. The minimum atomic E-state index is 0.439. The van der Waals surface area contributed by atoms with Crippen LogP contribution in [0.3, 0.4) is 0 Å². The first-order valence-corrected chi connectivity index (χ1v) is 7.17. The van der Waals surface area contributed by atoms with Gasteiger partial charge in [0.25, 0.3) is 0 Å². The number of aryl methyl sites for hydroxylation is 1. The van der Waals surface area contributed by atoms with E-state index in [4.69, 9.17) is 4.74 Å². The molecule has 0 unspecified atom stereocenters. The van der Waals surface area contributed by atoms with Crippen LogP contribution in [-0.2, 0) is 0 Å². The highest BCUT2D eigenvalue weighted by Crippen LogP contribution is 2.19. The van der Waals surface area contributed by atoms with Crippen molar-refractivity contribution in [3.63, 3.8) is 0 Å². The highest BCUT2D eigenvalue weighted by molar-refractivity contribution is 5.59. The van der Waals surface area contributed by atoms with Gasteiger partial charge in [-0.3, -0.25) is 0 Å². The molecule has 23 heavy (non-hydrogen) atoms. The molecule has 3 aromatic rings. The van der Waals surface area contributed by atoms with Crippen molar-refractivity contribution in [1.29, 1.82) is 0 Å². The van der Waals surface area contributed by atoms with Crippen molar-refractivity contribution < 1.29 is 4.74 Å². The Bertz CT molecular complexity index is 789. The molecule has 0 saturated heterocycles. The normalized spacial score (nSPS) is 10.2. The molecule has 0 fully saturated rings. The molecule has 3 rings (SSSR count). The van der Waals surface area contributed by atoms with Gasteiger partial charge in [0.05, 0.1) is 13.3 Å². The fourth-order valence-electron chi connectivity index (χ4n) is 2.09. The zero-order chi connectivity index (χ0) is 16.1. The maximum absolute atomic E-state index is 5.14. The van der Waals surface area contributed by atoms with Crippen LogP contribution in [0.15, 0.2) is 54.7 Å². The van der Waals surface area contributed by atoms with Crippen molar-refractivity contribution in [1.82, 2.24) is 15.2 Å². The van der Waals surface area contributed by atoms with E-state index in [1.54, 1.807) is 13.3 Å². The summed E-state index contributed by atoms with van der Waals surface area (Å²) in [5.74, 6) is 1.85. The van der Waals surface area contributed by atoms with E-state index in [-0.39, 0.29) is 0 Å². The van der Waals surface area contributed by atoms with E-state index in [1.807, 2.05) is 55.5 Å². The highest BCUT2D eigenvalue weighted by Gasteiger charge is 2.02. The Labute approximate surface area is 134 Å². The molecule has 2 N–H and O–H groups in total. The van der Waals surface area contributed by atoms with Gasteiger partial charge in [-0.1, -0.05) is 12.1 Å². The maximum atomic E-state index is 5.14. The summed E-state index contributed by atoms with van der Waals surface area (Å²) < 4.78 is 5.14. The van der Waals surface area contributed by atoms with E-state index in [1.165, 1.54) is 0 Å². The zero-order valence-electron chi connectivity index (χ0n) is 12.9. The topological polar surface area (TPSA) is 72.0 Å². The predicted molar refractivity (Wildman–Crippen MR) is 90.6 cm³/mol. The first-order valence-electron chi connectivity index (χ1n) is 7.17. The Morgan fingerprint density at radius 2 is 1.78 bits per heavy atom. The van der Waals surface area contributed by atoms with Crippen LogP contribution in [0.5, 0.6) is 5.75 Å². The average molecular weight is 307 g/mol. The number of ether oxygens (including phenoxy) is 1. The molecule has 0 radical (unpaired) electrons. The van der Waals surface area contributed by atoms with Crippen LogP contribution in [0.4, 0.5) is 23.1 Å². The molecule has 0 atom stereocenters. The molecule has 6 heteroatoms. The summed E-state index contributed by atoms with van der Waals surface area (Å²) >= 11 is 0. The fourth-order valence-corrected chi connectivity index (χ4v) is 2.09. The van der Waals surface area contributed by atoms with Crippen LogP contribution in [0.25, 0.3) is 0 Å². The van der Waals surface area contributed by atoms with E-state index >= 15 is 0 Å². The van der Waals surface area contributed by atoms with E-state index in [0.29, 0.717) is 11.8 Å². The van der Waals surface area contributed by atoms with Gasteiger partial charge >= 0.3 is 0 Å². The Balaban J connectivity index is 1.74. The van der Waals surface area contributed by atoms with Crippen molar-refractivity contribution in [2.24, 2.45) is 0 Å².